The van der Waals surface area contributed by atoms with Gasteiger partial charge in [-0.2, -0.15) is 4.31 Å². The summed E-state index contributed by atoms with van der Waals surface area (Å²) < 4.78 is 32.6. The molecule has 0 unspecified atom stereocenters. The summed E-state index contributed by atoms with van der Waals surface area (Å²) in [6, 6.07) is 12.5. The van der Waals surface area contributed by atoms with Gasteiger partial charge in [-0.05, 0) is 36.8 Å². The third-order valence-corrected chi connectivity index (χ3v) is 6.61. The Balaban J connectivity index is 1.79. The van der Waals surface area contributed by atoms with Gasteiger partial charge in [0.1, 0.15) is 10.6 Å². The van der Waals surface area contributed by atoms with Crippen LogP contribution in [-0.4, -0.2) is 46.0 Å². The van der Waals surface area contributed by atoms with E-state index < -0.39 is 10.0 Å². The molecule has 2 aromatic rings. The summed E-state index contributed by atoms with van der Waals surface area (Å²) in [5, 5.41) is 0.685. The van der Waals surface area contributed by atoms with Crippen LogP contribution >= 0.6 is 11.6 Å². The molecule has 134 valence electrons. The van der Waals surface area contributed by atoms with Crippen LogP contribution < -0.4 is 9.64 Å². The van der Waals surface area contributed by atoms with Crippen molar-refractivity contribution in [3.8, 4) is 5.75 Å². The molecule has 7 heteroatoms. The molecule has 1 saturated heterocycles. The van der Waals surface area contributed by atoms with E-state index in [0.717, 1.165) is 11.3 Å². The van der Waals surface area contributed by atoms with E-state index in [1.54, 1.807) is 24.3 Å². The van der Waals surface area contributed by atoms with Gasteiger partial charge in [-0.25, -0.2) is 8.42 Å². The van der Waals surface area contributed by atoms with Gasteiger partial charge >= 0.3 is 0 Å². The Labute approximate surface area is 153 Å². The lowest BCUT2D eigenvalue weighted by Crippen LogP contribution is -2.48. The summed E-state index contributed by atoms with van der Waals surface area (Å²) >= 11 is 6.10. The second-order valence-corrected chi connectivity index (χ2v) is 8.32. The van der Waals surface area contributed by atoms with Crippen molar-refractivity contribution in [3.63, 3.8) is 0 Å². The van der Waals surface area contributed by atoms with Gasteiger partial charge in [0.15, 0.2) is 0 Å². The molecule has 0 radical (unpaired) electrons. The standard InChI is InChI=1S/C18H21ClN2O3S/c1-14-7-8-15(19)13-16(14)20-9-11-21(12-10-20)25(22,23)18-6-4-3-5-17(18)24-2/h3-8,13H,9-12H2,1-2H3. The van der Waals surface area contributed by atoms with Gasteiger partial charge in [-0.15, -0.1) is 0 Å². The molecule has 0 N–H and O–H groups in total. The molecule has 1 heterocycles. The summed E-state index contributed by atoms with van der Waals surface area (Å²) in [6.45, 7) is 4.12. The molecule has 2 aromatic carbocycles. The fourth-order valence-corrected chi connectivity index (χ4v) is 4.81. The van der Waals surface area contributed by atoms with E-state index in [1.165, 1.54) is 11.4 Å². The highest BCUT2D eigenvalue weighted by Crippen LogP contribution is 2.29. The number of piperazine rings is 1. The number of anilines is 1. The van der Waals surface area contributed by atoms with Gasteiger partial charge in [-0.1, -0.05) is 29.8 Å². The van der Waals surface area contributed by atoms with Crippen molar-refractivity contribution in [1.82, 2.24) is 4.31 Å². The van der Waals surface area contributed by atoms with Crippen molar-refractivity contribution in [2.24, 2.45) is 0 Å². The average molecular weight is 381 g/mol. The molecule has 0 aliphatic carbocycles. The van der Waals surface area contributed by atoms with Crippen molar-refractivity contribution >= 4 is 27.3 Å². The predicted octanol–water partition coefficient (Wildman–Crippen LogP) is 3.17. The Morgan fingerprint density at radius 1 is 1.04 bits per heavy atom. The number of halogens is 1. The predicted molar refractivity (Wildman–Crippen MR) is 100 cm³/mol. The second kappa shape index (κ2) is 7.23. The van der Waals surface area contributed by atoms with E-state index in [0.29, 0.717) is 37.0 Å². The first-order valence-corrected chi connectivity index (χ1v) is 9.89. The number of rotatable bonds is 4. The van der Waals surface area contributed by atoms with Crippen molar-refractivity contribution in [2.75, 3.05) is 38.2 Å². The van der Waals surface area contributed by atoms with E-state index >= 15 is 0 Å². The molecule has 0 bridgehead atoms. The third-order valence-electron chi connectivity index (χ3n) is 4.44. The van der Waals surface area contributed by atoms with Crippen molar-refractivity contribution in [2.45, 2.75) is 11.8 Å². The quantitative estimate of drug-likeness (QED) is 0.817. The Hall–Kier alpha value is -1.76. The zero-order chi connectivity index (χ0) is 18.0. The molecule has 0 amide bonds. The summed E-state index contributed by atoms with van der Waals surface area (Å²) in [5.41, 5.74) is 2.19. The molecule has 0 aromatic heterocycles. The van der Waals surface area contributed by atoms with Crippen LogP contribution in [-0.2, 0) is 10.0 Å². The highest BCUT2D eigenvalue weighted by Gasteiger charge is 2.31. The van der Waals surface area contributed by atoms with E-state index in [2.05, 4.69) is 4.90 Å². The normalized spacial score (nSPS) is 16.0. The topological polar surface area (TPSA) is 49.9 Å². The monoisotopic (exact) mass is 380 g/mol. The zero-order valence-electron chi connectivity index (χ0n) is 14.3. The third kappa shape index (κ3) is 3.61. The molecule has 5 nitrogen and oxygen atoms in total. The van der Waals surface area contributed by atoms with Crippen LogP contribution in [0.15, 0.2) is 47.4 Å². The largest absolute Gasteiger partial charge is 0.495 e. The maximum atomic E-state index is 12.9. The number of benzene rings is 2. The number of nitrogens with zero attached hydrogens (tertiary/aromatic N) is 2. The first-order chi connectivity index (χ1) is 11.9. The van der Waals surface area contributed by atoms with E-state index in [4.69, 9.17) is 16.3 Å². The molecule has 1 aliphatic heterocycles. The lowest BCUT2D eigenvalue weighted by atomic mass is 10.1. The van der Waals surface area contributed by atoms with Crippen LogP contribution in [0.25, 0.3) is 0 Å². The minimum atomic E-state index is -3.57. The van der Waals surface area contributed by atoms with Crippen LogP contribution in [0.1, 0.15) is 5.56 Å². The zero-order valence-corrected chi connectivity index (χ0v) is 15.8. The van der Waals surface area contributed by atoms with Gasteiger partial charge in [0, 0.05) is 36.9 Å². The van der Waals surface area contributed by atoms with Crippen LogP contribution in [0.4, 0.5) is 5.69 Å². The highest BCUT2D eigenvalue weighted by molar-refractivity contribution is 7.89. The van der Waals surface area contributed by atoms with E-state index in [9.17, 15) is 8.42 Å². The number of hydrogen-bond donors (Lipinski definition) is 0. The maximum absolute atomic E-state index is 12.9. The lowest BCUT2D eigenvalue weighted by Gasteiger charge is -2.36. The maximum Gasteiger partial charge on any atom is 0.246 e. The van der Waals surface area contributed by atoms with Crippen molar-refractivity contribution in [1.29, 1.82) is 0 Å². The number of para-hydroxylation sites is 1. The number of sulfonamides is 1. The Bertz CT molecular complexity index is 862. The molecular formula is C18H21ClN2O3S. The number of methoxy groups -OCH3 is 1. The molecule has 1 aliphatic rings. The molecular weight excluding hydrogens is 360 g/mol. The highest BCUT2D eigenvalue weighted by atomic mass is 35.5. The van der Waals surface area contributed by atoms with Gasteiger partial charge in [0.2, 0.25) is 10.0 Å². The average Bonchev–Trinajstić information content (AvgIpc) is 2.63. The number of ether oxygens (including phenoxy) is 1. The van der Waals surface area contributed by atoms with Crippen LogP contribution in [0.5, 0.6) is 5.75 Å². The molecule has 3 rings (SSSR count). The summed E-state index contributed by atoms with van der Waals surface area (Å²) in [6.07, 6.45) is 0. The molecule has 25 heavy (non-hydrogen) atoms. The van der Waals surface area contributed by atoms with Crippen LogP contribution in [0.2, 0.25) is 5.02 Å². The Morgan fingerprint density at radius 3 is 2.40 bits per heavy atom. The van der Waals surface area contributed by atoms with Gasteiger partial charge in [0.25, 0.3) is 0 Å². The lowest BCUT2D eigenvalue weighted by molar-refractivity contribution is 0.374. The number of hydrogen-bond acceptors (Lipinski definition) is 4. The second-order valence-electron chi connectivity index (χ2n) is 5.97. The van der Waals surface area contributed by atoms with E-state index in [1.807, 2.05) is 25.1 Å². The molecule has 0 spiro atoms. The molecule has 0 atom stereocenters. The molecule has 1 fully saturated rings. The Kier molecular flexibility index (Phi) is 5.22. The number of aryl methyl sites for hydroxylation is 1. The van der Waals surface area contributed by atoms with Crippen molar-refractivity contribution in [3.05, 3.63) is 53.1 Å². The van der Waals surface area contributed by atoms with Crippen LogP contribution in [0, 0.1) is 6.92 Å². The fraction of sp³-hybridized carbons (Fsp3) is 0.333. The van der Waals surface area contributed by atoms with Gasteiger partial charge in [0.05, 0.1) is 7.11 Å². The van der Waals surface area contributed by atoms with Gasteiger partial charge < -0.3 is 9.64 Å². The summed E-state index contributed by atoms with van der Waals surface area (Å²) in [7, 11) is -2.09. The molecule has 0 saturated carbocycles. The summed E-state index contributed by atoms with van der Waals surface area (Å²) in [4.78, 5) is 2.39. The van der Waals surface area contributed by atoms with Gasteiger partial charge in [-0.3, -0.25) is 0 Å². The smallest absolute Gasteiger partial charge is 0.246 e. The summed E-state index contributed by atoms with van der Waals surface area (Å²) in [5.74, 6) is 0.371. The Morgan fingerprint density at radius 2 is 1.72 bits per heavy atom. The minimum Gasteiger partial charge on any atom is -0.495 e. The fourth-order valence-electron chi connectivity index (χ4n) is 3.06. The first kappa shape index (κ1) is 18.0. The van der Waals surface area contributed by atoms with Crippen molar-refractivity contribution < 1.29 is 13.2 Å². The SMILES string of the molecule is COc1ccccc1S(=O)(=O)N1CCN(c2cc(Cl)ccc2C)CC1. The van der Waals surface area contributed by atoms with Crippen LogP contribution in [0.3, 0.4) is 0 Å². The minimum absolute atomic E-state index is 0.213. The first-order valence-electron chi connectivity index (χ1n) is 8.08. The van der Waals surface area contributed by atoms with E-state index in [-0.39, 0.29) is 4.90 Å².